The van der Waals surface area contributed by atoms with E-state index in [0.717, 1.165) is 6.07 Å². The SMILES string of the molecule is C=Cc1ccc(F)c(O)c1N=C. The first-order valence-electron chi connectivity index (χ1n) is 3.31. The first-order chi connectivity index (χ1) is 5.70. The van der Waals surface area contributed by atoms with Crippen LogP contribution in [0.25, 0.3) is 6.08 Å². The summed E-state index contributed by atoms with van der Waals surface area (Å²) in [6.45, 7) is 6.71. The van der Waals surface area contributed by atoms with Crippen molar-refractivity contribution in [2.24, 2.45) is 4.99 Å². The third-order valence-corrected chi connectivity index (χ3v) is 1.51. The molecule has 0 fully saturated rings. The molecule has 0 aliphatic carbocycles. The van der Waals surface area contributed by atoms with Crippen molar-refractivity contribution in [2.75, 3.05) is 0 Å². The first kappa shape index (κ1) is 8.46. The molecule has 0 unspecified atom stereocenters. The Balaban J connectivity index is 3.45. The summed E-state index contributed by atoms with van der Waals surface area (Å²) in [6, 6.07) is 2.63. The van der Waals surface area contributed by atoms with Crippen LogP contribution in [-0.2, 0) is 0 Å². The van der Waals surface area contributed by atoms with E-state index in [-0.39, 0.29) is 5.69 Å². The van der Waals surface area contributed by atoms with E-state index in [1.165, 1.54) is 12.1 Å². The zero-order valence-electron chi connectivity index (χ0n) is 6.42. The Hall–Kier alpha value is -1.64. The molecule has 0 radical (unpaired) electrons. The largest absolute Gasteiger partial charge is 0.503 e. The number of hydrogen-bond acceptors (Lipinski definition) is 2. The van der Waals surface area contributed by atoms with Gasteiger partial charge in [0.1, 0.15) is 5.69 Å². The predicted molar refractivity (Wildman–Crippen MR) is 47.4 cm³/mol. The van der Waals surface area contributed by atoms with Gasteiger partial charge in [0.25, 0.3) is 0 Å². The van der Waals surface area contributed by atoms with E-state index in [1.54, 1.807) is 0 Å². The van der Waals surface area contributed by atoms with Gasteiger partial charge >= 0.3 is 0 Å². The highest BCUT2D eigenvalue weighted by Crippen LogP contribution is 2.33. The molecule has 62 valence electrons. The third kappa shape index (κ3) is 1.21. The Morgan fingerprint density at radius 2 is 2.17 bits per heavy atom. The van der Waals surface area contributed by atoms with Gasteiger partial charge in [-0.15, -0.1) is 0 Å². The van der Waals surface area contributed by atoms with Crippen LogP contribution in [0.15, 0.2) is 23.7 Å². The smallest absolute Gasteiger partial charge is 0.178 e. The van der Waals surface area contributed by atoms with Gasteiger partial charge in [0.15, 0.2) is 11.6 Å². The maximum atomic E-state index is 12.7. The summed E-state index contributed by atoms with van der Waals surface area (Å²) in [5.74, 6) is -1.19. The standard InChI is InChI=1S/C9H8FNO/c1-3-6-4-5-7(10)9(12)8(6)11-2/h3-5,12H,1-2H2. The van der Waals surface area contributed by atoms with Gasteiger partial charge in [-0.25, -0.2) is 4.39 Å². The lowest BCUT2D eigenvalue weighted by atomic mass is 10.1. The van der Waals surface area contributed by atoms with Gasteiger partial charge < -0.3 is 5.11 Å². The zero-order valence-corrected chi connectivity index (χ0v) is 6.42. The van der Waals surface area contributed by atoms with Crippen LogP contribution in [-0.4, -0.2) is 11.8 Å². The Morgan fingerprint density at radius 3 is 2.67 bits per heavy atom. The van der Waals surface area contributed by atoms with Crippen molar-refractivity contribution in [3.8, 4) is 5.75 Å². The highest BCUT2D eigenvalue weighted by Gasteiger charge is 2.08. The van der Waals surface area contributed by atoms with Gasteiger partial charge in [-0.05, 0) is 18.9 Å². The Labute approximate surface area is 69.7 Å². The molecule has 2 nitrogen and oxygen atoms in total. The number of aliphatic imine (C=N–C) groups is 1. The van der Waals surface area contributed by atoms with Crippen molar-refractivity contribution >= 4 is 18.5 Å². The lowest BCUT2D eigenvalue weighted by Gasteiger charge is -2.02. The molecule has 0 atom stereocenters. The molecule has 0 amide bonds. The summed E-state index contributed by atoms with van der Waals surface area (Å²) in [5, 5.41) is 9.15. The summed E-state index contributed by atoms with van der Waals surface area (Å²) in [4.78, 5) is 3.49. The third-order valence-electron chi connectivity index (χ3n) is 1.51. The minimum absolute atomic E-state index is 0.130. The molecule has 1 aromatic rings. The highest BCUT2D eigenvalue weighted by molar-refractivity contribution is 5.70. The van der Waals surface area contributed by atoms with Crippen LogP contribution >= 0.6 is 0 Å². The average Bonchev–Trinajstić information content (AvgIpc) is 2.09. The maximum Gasteiger partial charge on any atom is 0.178 e. The number of hydrogen-bond donors (Lipinski definition) is 1. The number of phenols is 1. The molecule has 3 heteroatoms. The lowest BCUT2D eigenvalue weighted by molar-refractivity contribution is 0.434. The summed E-state index contributed by atoms with van der Waals surface area (Å²) < 4.78 is 12.7. The summed E-state index contributed by atoms with van der Waals surface area (Å²) >= 11 is 0. The molecular formula is C9H8FNO. The maximum absolute atomic E-state index is 12.7. The Morgan fingerprint density at radius 1 is 1.50 bits per heavy atom. The van der Waals surface area contributed by atoms with Gasteiger partial charge in [0.2, 0.25) is 0 Å². The van der Waals surface area contributed by atoms with Crippen LogP contribution in [0.3, 0.4) is 0 Å². The van der Waals surface area contributed by atoms with E-state index in [1.807, 2.05) is 0 Å². The number of phenolic OH excluding ortho intramolecular Hbond substituents is 1. The summed E-state index contributed by atoms with van der Waals surface area (Å²) in [6.07, 6.45) is 1.48. The number of aromatic hydroxyl groups is 1. The number of benzene rings is 1. The van der Waals surface area contributed by atoms with E-state index >= 15 is 0 Å². The van der Waals surface area contributed by atoms with Crippen molar-refractivity contribution in [3.05, 3.63) is 30.1 Å². The Kier molecular flexibility index (Phi) is 2.24. The van der Waals surface area contributed by atoms with E-state index < -0.39 is 11.6 Å². The van der Waals surface area contributed by atoms with Crippen molar-refractivity contribution in [2.45, 2.75) is 0 Å². The van der Waals surface area contributed by atoms with Crippen molar-refractivity contribution in [1.29, 1.82) is 0 Å². The fourth-order valence-electron chi connectivity index (χ4n) is 0.902. The van der Waals surface area contributed by atoms with Crippen LogP contribution in [0.4, 0.5) is 10.1 Å². The fourth-order valence-corrected chi connectivity index (χ4v) is 0.902. The highest BCUT2D eigenvalue weighted by atomic mass is 19.1. The molecular weight excluding hydrogens is 157 g/mol. The van der Waals surface area contributed by atoms with Crippen LogP contribution in [0.1, 0.15) is 5.56 Å². The van der Waals surface area contributed by atoms with Gasteiger partial charge in [-0.2, -0.15) is 0 Å². The average molecular weight is 165 g/mol. The number of nitrogens with zero attached hydrogens (tertiary/aromatic N) is 1. The van der Waals surface area contributed by atoms with Gasteiger partial charge in [-0.1, -0.05) is 12.7 Å². The lowest BCUT2D eigenvalue weighted by Crippen LogP contribution is -1.80. The molecule has 0 saturated carbocycles. The minimum Gasteiger partial charge on any atom is -0.503 e. The van der Waals surface area contributed by atoms with Crippen molar-refractivity contribution in [3.63, 3.8) is 0 Å². The second kappa shape index (κ2) is 3.17. The van der Waals surface area contributed by atoms with Crippen LogP contribution in [0.2, 0.25) is 0 Å². The normalized spacial score (nSPS) is 9.42. The Bertz CT molecular complexity index is 334. The predicted octanol–water partition coefficient (Wildman–Crippen LogP) is 2.51. The van der Waals surface area contributed by atoms with Gasteiger partial charge in [-0.3, -0.25) is 4.99 Å². The summed E-state index contributed by atoms with van der Waals surface area (Å²) in [5.41, 5.74) is 0.689. The topological polar surface area (TPSA) is 32.6 Å². The molecule has 1 N–H and O–H groups in total. The van der Waals surface area contributed by atoms with E-state index in [0.29, 0.717) is 5.56 Å². The van der Waals surface area contributed by atoms with E-state index in [4.69, 9.17) is 5.11 Å². The first-order valence-corrected chi connectivity index (χ1v) is 3.31. The van der Waals surface area contributed by atoms with Crippen LogP contribution in [0.5, 0.6) is 5.75 Å². The van der Waals surface area contributed by atoms with Gasteiger partial charge in [0.05, 0.1) is 0 Å². The molecule has 0 aromatic heterocycles. The second-order valence-electron chi connectivity index (χ2n) is 2.20. The van der Waals surface area contributed by atoms with E-state index in [9.17, 15) is 4.39 Å². The molecule has 1 rings (SSSR count). The number of halogens is 1. The monoisotopic (exact) mass is 165 g/mol. The molecule has 0 bridgehead atoms. The second-order valence-corrected chi connectivity index (χ2v) is 2.20. The van der Waals surface area contributed by atoms with E-state index in [2.05, 4.69) is 18.3 Å². The molecule has 12 heavy (non-hydrogen) atoms. The summed E-state index contributed by atoms with van der Waals surface area (Å²) in [7, 11) is 0. The van der Waals surface area contributed by atoms with Gasteiger partial charge in [0, 0.05) is 5.56 Å². The zero-order chi connectivity index (χ0) is 9.14. The molecule has 0 heterocycles. The van der Waals surface area contributed by atoms with Crippen molar-refractivity contribution < 1.29 is 9.50 Å². The fraction of sp³-hybridized carbons (Fsp3) is 0. The molecule has 0 aliphatic rings. The van der Waals surface area contributed by atoms with Crippen LogP contribution < -0.4 is 0 Å². The minimum atomic E-state index is -0.706. The molecule has 0 spiro atoms. The quantitative estimate of drug-likeness (QED) is 0.671. The van der Waals surface area contributed by atoms with Crippen molar-refractivity contribution in [1.82, 2.24) is 0 Å². The molecule has 1 aromatic carbocycles. The molecule has 0 aliphatic heterocycles. The van der Waals surface area contributed by atoms with Crippen LogP contribution in [0, 0.1) is 5.82 Å². The molecule has 0 saturated heterocycles. The number of rotatable bonds is 2.